The second-order valence-electron chi connectivity index (χ2n) is 14.0. The van der Waals surface area contributed by atoms with Gasteiger partial charge in [-0.25, -0.2) is 0 Å². The van der Waals surface area contributed by atoms with Crippen LogP contribution in [0.1, 0.15) is 101 Å². The summed E-state index contributed by atoms with van der Waals surface area (Å²) in [6.45, 7) is 21.2. The number of nitrogens with zero attached hydrogens (tertiary/aromatic N) is 3. The summed E-state index contributed by atoms with van der Waals surface area (Å²) in [5.74, 6) is -0.545. The Hall–Kier alpha value is -2.42. The number of likely N-dealkylation sites (tertiary alicyclic amines) is 2. The molecule has 2 fully saturated rings. The van der Waals surface area contributed by atoms with Crippen LogP contribution in [0.5, 0.6) is 0 Å². The van der Waals surface area contributed by atoms with E-state index in [1.165, 1.54) is 0 Å². The molecule has 0 bridgehead atoms. The number of carbonyl (C=O) groups excluding carboxylic acids is 4. The number of likely N-dealkylation sites (N-methyl/N-ethyl adjacent to an activating group) is 1. The molecule has 2 N–H and O–H groups in total. The van der Waals surface area contributed by atoms with Crippen molar-refractivity contribution in [2.24, 2.45) is 11.3 Å². The minimum absolute atomic E-state index is 0.00415. The molecule has 0 aliphatic carbocycles. The van der Waals surface area contributed by atoms with E-state index in [0.717, 1.165) is 32.2 Å². The van der Waals surface area contributed by atoms with Gasteiger partial charge in [-0.3, -0.25) is 24.1 Å². The quantitative estimate of drug-likeness (QED) is 0.387. The molecule has 2 rings (SSSR count). The van der Waals surface area contributed by atoms with Crippen molar-refractivity contribution in [2.75, 3.05) is 20.1 Å². The molecular weight excluding hydrogens is 518 g/mol. The van der Waals surface area contributed by atoms with Gasteiger partial charge in [-0.15, -0.1) is 0 Å². The van der Waals surface area contributed by atoms with Crippen LogP contribution < -0.4 is 10.6 Å². The zero-order chi connectivity index (χ0) is 31.2. The molecule has 9 nitrogen and oxygen atoms in total. The van der Waals surface area contributed by atoms with Crippen LogP contribution in [-0.4, -0.2) is 94.7 Å². The molecule has 0 aromatic heterocycles. The number of piperidine rings is 1. The van der Waals surface area contributed by atoms with Gasteiger partial charge in [0.25, 0.3) is 0 Å². The number of hydrogen-bond acceptors (Lipinski definition) is 5. The van der Waals surface area contributed by atoms with Crippen molar-refractivity contribution in [2.45, 2.75) is 138 Å². The van der Waals surface area contributed by atoms with E-state index in [4.69, 9.17) is 0 Å². The minimum Gasteiger partial charge on any atom is -0.352 e. The lowest BCUT2D eigenvalue weighted by Gasteiger charge is -2.41. The predicted molar refractivity (Wildman–Crippen MR) is 164 cm³/mol. The second kappa shape index (κ2) is 14.7. The van der Waals surface area contributed by atoms with Crippen molar-refractivity contribution >= 4 is 23.6 Å². The summed E-state index contributed by atoms with van der Waals surface area (Å²) < 4.78 is 0. The Kier molecular flexibility index (Phi) is 12.4. The average molecular weight is 576 g/mol. The van der Waals surface area contributed by atoms with Crippen LogP contribution in [0, 0.1) is 11.3 Å². The molecule has 0 saturated carbocycles. The van der Waals surface area contributed by atoms with Crippen LogP contribution in [0.2, 0.25) is 0 Å². The molecule has 41 heavy (non-hydrogen) atoms. The Morgan fingerprint density at radius 3 is 1.98 bits per heavy atom. The Balaban J connectivity index is 2.26. The third kappa shape index (κ3) is 9.03. The smallest absolute Gasteiger partial charge is 0.249 e. The molecule has 4 amide bonds. The summed E-state index contributed by atoms with van der Waals surface area (Å²) >= 11 is 0. The van der Waals surface area contributed by atoms with Gasteiger partial charge in [0.05, 0.1) is 12.1 Å². The number of amides is 4. The summed E-state index contributed by atoms with van der Waals surface area (Å²) in [4.78, 5) is 59.4. The first-order valence-corrected chi connectivity index (χ1v) is 15.6. The predicted octanol–water partition coefficient (Wildman–Crippen LogP) is 3.73. The van der Waals surface area contributed by atoms with Crippen LogP contribution in [0.4, 0.5) is 0 Å². The van der Waals surface area contributed by atoms with Crippen LogP contribution in [0.25, 0.3) is 0 Å². The van der Waals surface area contributed by atoms with Gasteiger partial charge in [-0.1, -0.05) is 47.1 Å². The molecule has 0 aromatic rings. The molecule has 9 heteroatoms. The van der Waals surface area contributed by atoms with Crippen molar-refractivity contribution in [3.05, 3.63) is 11.6 Å². The first kappa shape index (κ1) is 34.8. The highest BCUT2D eigenvalue weighted by Gasteiger charge is 2.40. The van der Waals surface area contributed by atoms with Crippen LogP contribution in [-0.2, 0) is 19.2 Å². The second-order valence-corrected chi connectivity index (χ2v) is 14.0. The van der Waals surface area contributed by atoms with Gasteiger partial charge in [0, 0.05) is 31.2 Å². The number of nitrogens with one attached hydrogen (secondary N) is 2. The third-order valence-corrected chi connectivity index (χ3v) is 8.39. The van der Waals surface area contributed by atoms with E-state index >= 15 is 0 Å². The van der Waals surface area contributed by atoms with Crippen molar-refractivity contribution in [1.82, 2.24) is 25.3 Å². The highest BCUT2D eigenvalue weighted by atomic mass is 16.2. The van der Waals surface area contributed by atoms with Crippen LogP contribution in [0.3, 0.4) is 0 Å². The van der Waals surface area contributed by atoms with Gasteiger partial charge in [0.1, 0.15) is 12.1 Å². The maximum absolute atomic E-state index is 14.0. The molecule has 0 aromatic carbocycles. The first-order chi connectivity index (χ1) is 19.0. The van der Waals surface area contributed by atoms with Crippen molar-refractivity contribution in [3.8, 4) is 0 Å². The summed E-state index contributed by atoms with van der Waals surface area (Å²) in [6.07, 6.45) is 6.14. The van der Waals surface area contributed by atoms with Crippen molar-refractivity contribution in [3.63, 3.8) is 0 Å². The molecule has 2 aliphatic rings. The van der Waals surface area contributed by atoms with Gasteiger partial charge in [-0.2, -0.15) is 0 Å². The Bertz CT molecular complexity index is 968. The average Bonchev–Trinajstić information content (AvgIpc) is 3.37. The lowest BCUT2D eigenvalue weighted by Crippen LogP contribution is -2.60. The highest BCUT2D eigenvalue weighted by Crippen LogP contribution is 2.27. The van der Waals surface area contributed by atoms with E-state index in [-0.39, 0.29) is 53.7 Å². The molecule has 234 valence electrons. The zero-order valence-corrected chi connectivity index (χ0v) is 27.5. The maximum Gasteiger partial charge on any atom is 0.249 e. The van der Waals surface area contributed by atoms with Gasteiger partial charge in [0.15, 0.2) is 0 Å². The van der Waals surface area contributed by atoms with Gasteiger partial charge in [0.2, 0.25) is 23.6 Å². The molecule has 2 saturated heterocycles. The van der Waals surface area contributed by atoms with Gasteiger partial charge in [-0.05, 0) is 78.2 Å². The van der Waals surface area contributed by atoms with Crippen LogP contribution in [0.15, 0.2) is 11.6 Å². The standard InChI is InChI=1S/C32H57N5O4/c1-20(2)26(19-23(7)30(40)37-18-14-16-25(37)28(38)33-21(3)4)35(11)31(41)27(32(8,9)10)34-29(39)24-15-12-13-17-36(24)22(5)6/h19-22,24-27H,12-18H2,1-11H3,(H,33,38)(H,34,39)/b23-19+. The molecular formula is C32H57N5O4. The molecule has 2 heterocycles. The zero-order valence-electron chi connectivity index (χ0n) is 27.5. The summed E-state index contributed by atoms with van der Waals surface area (Å²) in [6, 6.07) is -1.54. The first-order valence-electron chi connectivity index (χ1n) is 15.6. The maximum atomic E-state index is 14.0. The minimum atomic E-state index is -0.718. The third-order valence-electron chi connectivity index (χ3n) is 8.39. The Morgan fingerprint density at radius 2 is 1.44 bits per heavy atom. The van der Waals surface area contributed by atoms with Crippen molar-refractivity contribution in [1.29, 1.82) is 0 Å². The molecule has 2 aliphatic heterocycles. The van der Waals surface area contributed by atoms with E-state index in [1.54, 1.807) is 23.8 Å². The molecule has 4 unspecified atom stereocenters. The molecule has 0 radical (unpaired) electrons. The van der Waals surface area contributed by atoms with Crippen LogP contribution >= 0.6 is 0 Å². The normalized spacial score (nSPS) is 22.2. The largest absolute Gasteiger partial charge is 0.352 e. The molecule has 0 spiro atoms. The van der Waals surface area contributed by atoms with E-state index in [9.17, 15) is 19.2 Å². The summed E-state index contributed by atoms with van der Waals surface area (Å²) in [5.41, 5.74) is -0.000204. The number of rotatable bonds is 10. The van der Waals surface area contributed by atoms with E-state index < -0.39 is 17.5 Å². The fraction of sp³-hybridized carbons (Fsp3) is 0.812. The summed E-state index contributed by atoms with van der Waals surface area (Å²) in [5, 5.41) is 6.06. The number of hydrogen-bond donors (Lipinski definition) is 2. The fourth-order valence-corrected chi connectivity index (χ4v) is 6.06. The van der Waals surface area contributed by atoms with Gasteiger partial charge >= 0.3 is 0 Å². The van der Waals surface area contributed by atoms with Crippen molar-refractivity contribution < 1.29 is 19.2 Å². The molecule has 4 atom stereocenters. The van der Waals surface area contributed by atoms with E-state index in [2.05, 4.69) is 29.4 Å². The van der Waals surface area contributed by atoms with E-state index in [0.29, 0.717) is 18.5 Å². The van der Waals surface area contributed by atoms with Gasteiger partial charge < -0.3 is 20.4 Å². The Labute approximate surface area is 248 Å². The monoisotopic (exact) mass is 575 g/mol. The number of carbonyl (C=O) groups is 4. The Morgan fingerprint density at radius 1 is 0.854 bits per heavy atom. The lowest BCUT2D eigenvalue weighted by atomic mass is 9.84. The summed E-state index contributed by atoms with van der Waals surface area (Å²) in [7, 11) is 1.75. The highest BCUT2D eigenvalue weighted by molar-refractivity contribution is 5.97. The van der Waals surface area contributed by atoms with E-state index in [1.807, 2.05) is 54.5 Å². The fourth-order valence-electron chi connectivity index (χ4n) is 6.06. The lowest BCUT2D eigenvalue weighted by molar-refractivity contribution is -0.142. The SMILES string of the molecule is C/C(=C\C(C(C)C)N(C)C(=O)C(NC(=O)C1CCCCN1C(C)C)C(C)(C)C)C(=O)N1CCCC1C(=O)NC(C)C. The topological polar surface area (TPSA) is 102 Å².